The predicted octanol–water partition coefficient (Wildman–Crippen LogP) is 1.86. The lowest BCUT2D eigenvalue weighted by Gasteiger charge is -2.26. The van der Waals surface area contributed by atoms with Crippen molar-refractivity contribution in [2.24, 2.45) is 5.92 Å². The highest BCUT2D eigenvalue weighted by Crippen LogP contribution is 2.34. The van der Waals surface area contributed by atoms with Gasteiger partial charge in [-0.25, -0.2) is 26.4 Å². The fourth-order valence-electron chi connectivity index (χ4n) is 3.89. The molecule has 1 aromatic carbocycles. The molecule has 12 heteroatoms. The highest BCUT2D eigenvalue weighted by molar-refractivity contribution is 7.90. The zero-order valence-electron chi connectivity index (χ0n) is 18.7. The molecule has 1 unspecified atom stereocenters. The summed E-state index contributed by atoms with van der Waals surface area (Å²) in [7, 11) is -3.32. The average molecular weight is 505 g/mol. The first-order chi connectivity index (χ1) is 15.9. The van der Waals surface area contributed by atoms with Gasteiger partial charge in [-0.3, -0.25) is 9.59 Å². The van der Waals surface area contributed by atoms with Crippen LogP contribution in [0.25, 0.3) is 0 Å². The molecule has 2 fully saturated rings. The molecule has 0 aromatic heterocycles. The second-order valence-corrected chi connectivity index (χ2v) is 11.1. The van der Waals surface area contributed by atoms with Crippen molar-refractivity contribution in [2.45, 2.75) is 57.2 Å². The van der Waals surface area contributed by atoms with Gasteiger partial charge in [0, 0.05) is 43.3 Å². The molecule has 0 bridgehead atoms. The van der Waals surface area contributed by atoms with E-state index in [2.05, 4.69) is 5.32 Å². The highest BCUT2D eigenvalue weighted by Gasteiger charge is 2.36. The topological polar surface area (TPSA) is 110 Å². The third-order valence-electron chi connectivity index (χ3n) is 5.87. The number of hydrogen-bond donors (Lipinski definition) is 1. The van der Waals surface area contributed by atoms with E-state index in [1.165, 1.54) is 4.90 Å². The number of carbonyl (C=O) groups is 3. The Morgan fingerprint density at radius 1 is 1.21 bits per heavy atom. The molecule has 8 nitrogen and oxygen atoms in total. The molecule has 1 aliphatic heterocycles. The first-order valence-electron chi connectivity index (χ1n) is 11.0. The number of amides is 2. The van der Waals surface area contributed by atoms with Crippen LogP contribution in [0.1, 0.15) is 44.1 Å². The van der Waals surface area contributed by atoms with Crippen LogP contribution in [0, 0.1) is 23.4 Å². The zero-order valence-corrected chi connectivity index (χ0v) is 19.5. The number of hydrogen-bond acceptors (Lipinski definition) is 6. The van der Waals surface area contributed by atoms with Gasteiger partial charge in [-0.2, -0.15) is 0 Å². The van der Waals surface area contributed by atoms with E-state index in [0.29, 0.717) is 12.5 Å². The molecule has 0 radical (unpaired) electrons. The number of benzene rings is 1. The van der Waals surface area contributed by atoms with Crippen LogP contribution in [0.3, 0.4) is 0 Å². The van der Waals surface area contributed by atoms with Crippen LogP contribution in [0.4, 0.5) is 13.2 Å². The second kappa shape index (κ2) is 10.7. The van der Waals surface area contributed by atoms with Crippen molar-refractivity contribution in [1.82, 2.24) is 10.2 Å². The average Bonchev–Trinajstić information content (AvgIpc) is 3.49. The van der Waals surface area contributed by atoms with Gasteiger partial charge in [0.2, 0.25) is 11.8 Å². The van der Waals surface area contributed by atoms with Gasteiger partial charge in [-0.1, -0.05) is 12.8 Å². The van der Waals surface area contributed by atoms with E-state index in [4.69, 9.17) is 4.74 Å². The van der Waals surface area contributed by atoms with Crippen LogP contribution in [-0.4, -0.2) is 61.8 Å². The van der Waals surface area contributed by atoms with Crippen molar-refractivity contribution >= 4 is 27.6 Å². The van der Waals surface area contributed by atoms with E-state index < -0.39 is 57.8 Å². The van der Waals surface area contributed by atoms with Crippen LogP contribution >= 0.6 is 0 Å². The van der Waals surface area contributed by atoms with E-state index in [1.54, 1.807) is 0 Å². The van der Waals surface area contributed by atoms with Crippen LogP contribution in [0.5, 0.6) is 0 Å². The number of nitrogens with one attached hydrogen (secondary N) is 1. The molecule has 2 atom stereocenters. The lowest BCUT2D eigenvalue weighted by atomic mass is 10.1. The second-order valence-electron chi connectivity index (χ2n) is 8.88. The number of ether oxygens (including phenoxy) is 1. The van der Waals surface area contributed by atoms with Crippen molar-refractivity contribution in [3.05, 3.63) is 35.1 Å². The fraction of sp³-hybridized carbons (Fsp3) is 0.591. The number of esters is 1. The Labute approximate surface area is 195 Å². The summed E-state index contributed by atoms with van der Waals surface area (Å²) in [6.45, 7) is -0.717. The van der Waals surface area contributed by atoms with Crippen LogP contribution in [-0.2, 0) is 35.5 Å². The molecule has 1 aromatic rings. The Hall–Kier alpha value is -2.63. The van der Waals surface area contributed by atoms with Crippen molar-refractivity contribution in [3.8, 4) is 0 Å². The maximum atomic E-state index is 14.1. The van der Waals surface area contributed by atoms with Gasteiger partial charge in [-0.15, -0.1) is 0 Å². The molecule has 1 aliphatic carbocycles. The third kappa shape index (κ3) is 7.44. The summed E-state index contributed by atoms with van der Waals surface area (Å²) < 4.78 is 68.6. The minimum atomic E-state index is -3.32. The van der Waals surface area contributed by atoms with Crippen LogP contribution in [0.2, 0.25) is 0 Å². The largest absolute Gasteiger partial charge is 0.463 e. The molecule has 1 saturated carbocycles. The summed E-state index contributed by atoms with van der Waals surface area (Å²) in [5.41, 5.74) is -0.334. The maximum Gasteiger partial charge on any atom is 0.328 e. The van der Waals surface area contributed by atoms with Crippen molar-refractivity contribution < 1.29 is 40.7 Å². The molecule has 188 valence electrons. The SMILES string of the molecule is CS(=O)(=O)CCOC(=O)C(CC1CC1)NC(=O)C[C@@H]1CCC(=O)N1Cc1cc(F)cc(F)c1F. The number of halogens is 3. The molecule has 1 saturated heterocycles. The first kappa shape index (κ1) is 26.0. The normalized spacial score (nSPS) is 19.2. The standard InChI is InChI=1S/C22H27F3N2O6S/c1-34(31,32)7-6-33-22(30)18(8-13-2-3-13)26-19(28)11-16-4-5-20(29)27(16)12-14-9-15(23)10-17(24)21(14)25/h9-10,13,16,18H,2-8,11-12H2,1H3,(H,26,28)/t16-,18?/m0/s1. The third-order valence-corrected chi connectivity index (χ3v) is 6.77. The van der Waals surface area contributed by atoms with Gasteiger partial charge in [0.25, 0.3) is 0 Å². The minimum absolute atomic E-state index is 0.0937. The van der Waals surface area contributed by atoms with E-state index in [9.17, 15) is 36.0 Å². The van der Waals surface area contributed by atoms with Gasteiger partial charge >= 0.3 is 5.97 Å². The summed E-state index contributed by atoms with van der Waals surface area (Å²) in [6, 6.07) is -0.384. The predicted molar refractivity (Wildman–Crippen MR) is 114 cm³/mol. The smallest absolute Gasteiger partial charge is 0.328 e. The molecule has 0 spiro atoms. The molecule has 2 amide bonds. The minimum Gasteiger partial charge on any atom is -0.463 e. The van der Waals surface area contributed by atoms with Crippen LogP contribution in [0.15, 0.2) is 12.1 Å². The molecular formula is C22H27F3N2O6S. The van der Waals surface area contributed by atoms with Crippen LogP contribution < -0.4 is 5.32 Å². The first-order valence-corrected chi connectivity index (χ1v) is 13.1. The molecular weight excluding hydrogens is 477 g/mol. The van der Waals surface area contributed by atoms with Gasteiger partial charge in [0.15, 0.2) is 21.5 Å². The lowest BCUT2D eigenvalue weighted by Crippen LogP contribution is -2.45. The Kier molecular flexibility index (Phi) is 8.21. The molecule has 2 aliphatic rings. The Balaban J connectivity index is 1.61. The summed E-state index contributed by atoms with van der Waals surface area (Å²) in [4.78, 5) is 38.6. The molecule has 34 heavy (non-hydrogen) atoms. The van der Waals surface area contributed by atoms with E-state index in [1.807, 2.05) is 0 Å². The Bertz CT molecular complexity index is 1060. The van der Waals surface area contributed by atoms with E-state index in [-0.39, 0.29) is 49.0 Å². The number of likely N-dealkylation sites (tertiary alicyclic amines) is 1. The van der Waals surface area contributed by atoms with Gasteiger partial charge in [0.1, 0.15) is 18.5 Å². The summed E-state index contributed by atoms with van der Waals surface area (Å²) >= 11 is 0. The summed E-state index contributed by atoms with van der Waals surface area (Å²) in [6.07, 6.45) is 3.37. The maximum absolute atomic E-state index is 14.1. The molecule has 3 rings (SSSR count). The number of nitrogens with zero attached hydrogens (tertiary/aromatic N) is 1. The number of sulfone groups is 1. The van der Waals surface area contributed by atoms with Gasteiger partial charge in [0.05, 0.1) is 5.75 Å². The van der Waals surface area contributed by atoms with E-state index in [0.717, 1.165) is 25.2 Å². The summed E-state index contributed by atoms with van der Waals surface area (Å²) in [5.74, 6) is -5.34. The fourth-order valence-corrected chi connectivity index (χ4v) is 4.28. The van der Waals surface area contributed by atoms with Gasteiger partial charge < -0.3 is 15.0 Å². The quantitative estimate of drug-likeness (QED) is 0.364. The highest BCUT2D eigenvalue weighted by atomic mass is 32.2. The Morgan fingerprint density at radius 3 is 2.56 bits per heavy atom. The van der Waals surface area contributed by atoms with Crippen molar-refractivity contribution in [3.63, 3.8) is 0 Å². The monoisotopic (exact) mass is 504 g/mol. The van der Waals surface area contributed by atoms with E-state index >= 15 is 0 Å². The zero-order chi connectivity index (χ0) is 25.0. The van der Waals surface area contributed by atoms with Gasteiger partial charge in [-0.05, 0) is 24.8 Å². The molecule has 1 N–H and O–H groups in total. The number of rotatable bonds is 11. The van der Waals surface area contributed by atoms with Crippen molar-refractivity contribution in [1.29, 1.82) is 0 Å². The van der Waals surface area contributed by atoms with Crippen molar-refractivity contribution in [2.75, 3.05) is 18.6 Å². The Morgan fingerprint density at radius 2 is 1.91 bits per heavy atom. The lowest BCUT2D eigenvalue weighted by molar-refractivity contribution is -0.148. The summed E-state index contributed by atoms with van der Waals surface area (Å²) in [5, 5.41) is 2.60. The number of carbonyl (C=O) groups excluding carboxylic acids is 3. The molecule has 1 heterocycles.